The van der Waals surface area contributed by atoms with Crippen molar-refractivity contribution in [3.8, 4) is 5.75 Å². The van der Waals surface area contributed by atoms with Crippen molar-refractivity contribution in [2.75, 3.05) is 32.6 Å². The van der Waals surface area contributed by atoms with E-state index < -0.39 is 4.92 Å². The number of hydrogen-bond acceptors (Lipinski definition) is 5. The zero-order valence-electron chi connectivity index (χ0n) is 11.3. The van der Waals surface area contributed by atoms with Gasteiger partial charge in [-0.25, -0.2) is 0 Å². The van der Waals surface area contributed by atoms with E-state index in [4.69, 9.17) is 4.74 Å². The van der Waals surface area contributed by atoms with Gasteiger partial charge < -0.3 is 15.0 Å². The van der Waals surface area contributed by atoms with Gasteiger partial charge in [0.25, 0.3) is 0 Å². The average Bonchev–Trinajstić information content (AvgIpc) is 2.81. The summed E-state index contributed by atoms with van der Waals surface area (Å²) in [5.41, 5.74) is 0.841. The summed E-state index contributed by atoms with van der Waals surface area (Å²) < 4.78 is 5.05. The predicted molar refractivity (Wildman–Crippen MR) is 73.8 cm³/mol. The quantitative estimate of drug-likeness (QED) is 0.652. The third-order valence-electron chi connectivity index (χ3n) is 3.59. The molecule has 0 bridgehead atoms. The van der Waals surface area contributed by atoms with Gasteiger partial charge in [-0.2, -0.15) is 0 Å². The van der Waals surface area contributed by atoms with Crippen LogP contribution in [0.2, 0.25) is 0 Å². The number of likely N-dealkylation sites (tertiary alicyclic amines) is 1. The van der Waals surface area contributed by atoms with E-state index in [0.717, 1.165) is 18.8 Å². The zero-order valence-corrected chi connectivity index (χ0v) is 11.3. The number of nitro groups is 1. The van der Waals surface area contributed by atoms with Crippen LogP contribution in [0.3, 0.4) is 0 Å². The van der Waals surface area contributed by atoms with Gasteiger partial charge in [0.15, 0.2) is 5.75 Å². The monoisotopic (exact) mass is 265 g/mol. The van der Waals surface area contributed by atoms with Crippen molar-refractivity contribution >= 4 is 11.4 Å². The summed E-state index contributed by atoms with van der Waals surface area (Å²) in [5.74, 6) is 0.287. The number of rotatable bonds is 5. The Hall–Kier alpha value is -1.82. The molecule has 1 unspecified atom stereocenters. The van der Waals surface area contributed by atoms with Crippen molar-refractivity contribution in [2.24, 2.45) is 0 Å². The van der Waals surface area contributed by atoms with Crippen LogP contribution in [0.1, 0.15) is 12.8 Å². The van der Waals surface area contributed by atoms with Gasteiger partial charge in [-0.05, 0) is 32.5 Å². The topological polar surface area (TPSA) is 67.6 Å². The van der Waals surface area contributed by atoms with E-state index in [1.165, 1.54) is 26.0 Å². The first kappa shape index (κ1) is 13.6. The van der Waals surface area contributed by atoms with Crippen molar-refractivity contribution in [1.29, 1.82) is 0 Å². The molecule has 1 heterocycles. The lowest BCUT2D eigenvalue weighted by molar-refractivity contribution is -0.385. The van der Waals surface area contributed by atoms with Crippen molar-refractivity contribution in [3.05, 3.63) is 28.3 Å². The Balaban J connectivity index is 2.02. The maximum absolute atomic E-state index is 10.8. The molecule has 0 aromatic heterocycles. The molecule has 1 aromatic carbocycles. The lowest BCUT2D eigenvalue weighted by Crippen LogP contribution is -2.31. The van der Waals surface area contributed by atoms with Crippen molar-refractivity contribution in [1.82, 2.24) is 4.90 Å². The van der Waals surface area contributed by atoms with Crippen LogP contribution >= 0.6 is 0 Å². The summed E-state index contributed by atoms with van der Waals surface area (Å²) in [6.07, 6.45) is 2.42. The summed E-state index contributed by atoms with van der Waals surface area (Å²) in [6, 6.07) is 5.39. The highest BCUT2D eigenvalue weighted by molar-refractivity contribution is 5.58. The Morgan fingerprint density at radius 2 is 2.37 bits per heavy atom. The number of nitrogens with zero attached hydrogens (tertiary/aromatic N) is 2. The van der Waals surface area contributed by atoms with E-state index in [1.54, 1.807) is 12.1 Å². The molecule has 0 radical (unpaired) electrons. The first-order valence-electron chi connectivity index (χ1n) is 6.38. The first-order valence-corrected chi connectivity index (χ1v) is 6.38. The van der Waals surface area contributed by atoms with Gasteiger partial charge in [-0.1, -0.05) is 0 Å². The van der Waals surface area contributed by atoms with Crippen molar-refractivity contribution in [3.63, 3.8) is 0 Å². The number of likely N-dealkylation sites (N-methyl/N-ethyl adjacent to an activating group) is 1. The highest BCUT2D eigenvalue weighted by Gasteiger charge is 2.21. The molecule has 0 spiro atoms. The zero-order chi connectivity index (χ0) is 13.8. The Morgan fingerprint density at radius 1 is 1.58 bits per heavy atom. The molecule has 0 amide bonds. The number of anilines is 1. The molecule has 1 aliphatic heterocycles. The summed E-state index contributed by atoms with van der Waals surface area (Å²) >= 11 is 0. The molecule has 2 rings (SSSR count). The number of hydrogen-bond donors (Lipinski definition) is 1. The molecule has 1 aliphatic rings. The molecule has 0 saturated carbocycles. The molecule has 6 nitrogen and oxygen atoms in total. The van der Waals surface area contributed by atoms with E-state index in [9.17, 15) is 10.1 Å². The standard InChI is InChI=1S/C13H19N3O3/c1-15-7-3-4-11(15)9-14-10-5-6-12(16(17)18)13(8-10)19-2/h5-6,8,11,14H,3-4,7,9H2,1-2H3. The van der Waals surface area contributed by atoms with E-state index in [2.05, 4.69) is 17.3 Å². The number of methoxy groups -OCH3 is 1. The molecular formula is C13H19N3O3. The largest absolute Gasteiger partial charge is 0.490 e. The van der Waals surface area contributed by atoms with Crippen LogP contribution < -0.4 is 10.1 Å². The Bertz CT molecular complexity index is 464. The van der Waals surface area contributed by atoms with Gasteiger partial charge >= 0.3 is 5.69 Å². The molecule has 1 fully saturated rings. The number of ether oxygens (including phenoxy) is 1. The smallest absolute Gasteiger partial charge is 0.311 e. The molecular weight excluding hydrogens is 246 g/mol. The number of nitro benzene ring substituents is 1. The summed E-state index contributed by atoms with van der Waals surface area (Å²) in [6.45, 7) is 1.98. The minimum atomic E-state index is -0.437. The fraction of sp³-hybridized carbons (Fsp3) is 0.538. The Kier molecular flexibility index (Phi) is 4.21. The fourth-order valence-electron chi connectivity index (χ4n) is 2.41. The second kappa shape index (κ2) is 5.88. The normalized spacial score (nSPS) is 19.4. The third-order valence-corrected chi connectivity index (χ3v) is 3.59. The summed E-state index contributed by atoms with van der Waals surface area (Å²) in [7, 11) is 3.56. The molecule has 1 aromatic rings. The van der Waals surface area contributed by atoms with Crippen LogP contribution in [0.15, 0.2) is 18.2 Å². The van der Waals surface area contributed by atoms with Gasteiger partial charge in [0, 0.05) is 30.4 Å². The van der Waals surface area contributed by atoms with Crippen LogP contribution in [0.25, 0.3) is 0 Å². The van der Waals surface area contributed by atoms with E-state index in [1.807, 2.05) is 0 Å². The summed E-state index contributed by atoms with van der Waals surface area (Å²) in [5, 5.41) is 14.1. The van der Waals surface area contributed by atoms with Gasteiger partial charge in [-0.15, -0.1) is 0 Å². The van der Waals surface area contributed by atoms with Crippen LogP contribution in [-0.4, -0.2) is 43.1 Å². The molecule has 1 saturated heterocycles. The van der Waals surface area contributed by atoms with E-state index >= 15 is 0 Å². The van der Waals surface area contributed by atoms with Crippen LogP contribution in [0, 0.1) is 10.1 Å². The lowest BCUT2D eigenvalue weighted by Gasteiger charge is -2.20. The average molecular weight is 265 g/mol. The third kappa shape index (κ3) is 3.14. The van der Waals surface area contributed by atoms with Gasteiger partial charge in [-0.3, -0.25) is 10.1 Å². The maximum atomic E-state index is 10.8. The molecule has 104 valence electrons. The minimum absolute atomic E-state index is 0.00830. The van der Waals surface area contributed by atoms with Crippen LogP contribution in [-0.2, 0) is 0 Å². The van der Waals surface area contributed by atoms with Crippen molar-refractivity contribution < 1.29 is 9.66 Å². The number of nitrogens with one attached hydrogen (secondary N) is 1. The number of benzene rings is 1. The Morgan fingerprint density at radius 3 is 2.95 bits per heavy atom. The second-order valence-electron chi connectivity index (χ2n) is 4.80. The lowest BCUT2D eigenvalue weighted by atomic mass is 10.2. The summed E-state index contributed by atoms with van der Waals surface area (Å²) in [4.78, 5) is 12.7. The molecule has 1 atom stereocenters. The van der Waals surface area contributed by atoms with Crippen LogP contribution in [0.4, 0.5) is 11.4 Å². The minimum Gasteiger partial charge on any atom is -0.490 e. The van der Waals surface area contributed by atoms with Gasteiger partial charge in [0.05, 0.1) is 12.0 Å². The SMILES string of the molecule is COc1cc(NCC2CCCN2C)ccc1[N+](=O)[O-]. The van der Waals surface area contributed by atoms with Gasteiger partial charge in [0.1, 0.15) is 0 Å². The van der Waals surface area contributed by atoms with Gasteiger partial charge in [0.2, 0.25) is 0 Å². The maximum Gasteiger partial charge on any atom is 0.311 e. The molecule has 19 heavy (non-hydrogen) atoms. The first-order chi connectivity index (χ1) is 9.11. The van der Waals surface area contributed by atoms with E-state index in [-0.39, 0.29) is 11.4 Å². The molecule has 6 heteroatoms. The second-order valence-corrected chi connectivity index (χ2v) is 4.80. The highest BCUT2D eigenvalue weighted by Crippen LogP contribution is 2.29. The highest BCUT2D eigenvalue weighted by atomic mass is 16.6. The predicted octanol–water partition coefficient (Wildman–Crippen LogP) is 2.11. The van der Waals surface area contributed by atoms with E-state index in [0.29, 0.717) is 6.04 Å². The van der Waals surface area contributed by atoms with Crippen LogP contribution in [0.5, 0.6) is 5.75 Å². The van der Waals surface area contributed by atoms with Crippen molar-refractivity contribution in [2.45, 2.75) is 18.9 Å². The molecule has 0 aliphatic carbocycles. The molecule has 1 N–H and O–H groups in total. The fourth-order valence-corrected chi connectivity index (χ4v) is 2.41. The Labute approximate surface area is 112 Å².